The second-order valence-corrected chi connectivity index (χ2v) is 6.62. The molecule has 0 spiro atoms. The molecule has 0 saturated carbocycles. The SMILES string of the molecule is CCC(Oc1ccccc1)C(=O)NCCCc1ccc(C(C)C)cc1. The maximum Gasteiger partial charge on any atom is 0.261 e. The van der Waals surface area contributed by atoms with Crippen molar-refractivity contribution in [3.05, 3.63) is 65.7 Å². The molecule has 0 heterocycles. The summed E-state index contributed by atoms with van der Waals surface area (Å²) in [6.45, 7) is 7.03. The van der Waals surface area contributed by atoms with E-state index < -0.39 is 6.10 Å². The van der Waals surface area contributed by atoms with Gasteiger partial charge in [0, 0.05) is 6.54 Å². The molecule has 1 N–H and O–H groups in total. The van der Waals surface area contributed by atoms with E-state index in [0.717, 1.165) is 18.6 Å². The highest BCUT2D eigenvalue weighted by atomic mass is 16.5. The van der Waals surface area contributed by atoms with E-state index in [1.807, 2.05) is 37.3 Å². The average Bonchev–Trinajstić information content (AvgIpc) is 2.64. The first-order valence-electron chi connectivity index (χ1n) is 9.18. The van der Waals surface area contributed by atoms with Gasteiger partial charge in [-0.05, 0) is 48.4 Å². The number of amides is 1. The van der Waals surface area contributed by atoms with Crippen molar-refractivity contribution in [1.82, 2.24) is 5.32 Å². The first-order chi connectivity index (χ1) is 12.1. The van der Waals surface area contributed by atoms with E-state index in [0.29, 0.717) is 18.9 Å². The number of hydrogen-bond acceptors (Lipinski definition) is 2. The van der Waals surface area contributed by atoms with E-state index in [2.05, 4.69) is 43.4 Å². The molecule has 1 atom stereocenters. The van der Waals surface area contributed by atoms with Crippen molar-refractivity contribution in [3.8, 4) is 5.75 Å². The molecule has 2 rings (SSSR count). The summed E-state index contributed by atoms with van der Waals surface area (Å²) < 4.78 is 5.76. The number of aryl methyl sites for hydroxylation is 1. The van der Waals surface area contributed by atoms with Crippen molar-refractivity contribution in [2.75, 3.05) is 6.54 Å². The molecule has 2 aromatic carbocycles. The maximum atomic E-state index is 12.3. The summed E-state index contributed by atoms with van der Waals surface area (Å²) in [6, 6.07) is 18.2. The Morgan fingerprint density at radius 1 is 1.04 bits per heavy atom. The van der Waals surface area contributed by atoms with Gasteiger partial charge in [-0.1, -0.05) is 63.2 Å². The van der Waals surface area contributed by atoms with Gasteiger partial charge in [0.25, 0.3) is 5.91 Å². The summed E-state index contributed by atoms with van der Waals surface area (Å²) in [6.07, 6.45) is 2.11. The highest BCUT2D eigenvalue weighted by molar-refractivity contribution is 5.81. The van der Waals surface area contributed by atoms with Crippen LogP contribution in [0.4, 0.5) is 0 Å². The van der Waals surface area contributed by atoms with Crippen LogP contribution in [-0.2, 0) is 11.2 Å². The normalized spacial score (nSPS) is 12.0. The lowest BCUT2D eigenvalue weighted by atomic mass is 10.0. The Kier molecular flexibility index (Phi) is 7.52. The lowest BCUT2D eigenvalue weighted by Crippen LogP contribution is -2.38. The van der Waals surface area contributed by atoms with Crippen LogP contribution in [0.15, 0.2) is 54.6 Å². The molecule has 134 valence electrons. The van der Waals surface area contributed by atoms with Gasteiger partial charge in [-0.25, -0.2) is 0 Å². The summed E-state index contributed by atoms with van der Waals surface area (Å²) in [7, 11) is 0. The van der Waals surface area contributed by atoms with E-state index in [1.165, 1.54) is 11.1 Å². The number of para-hydroxylation sites is 1. The predicted molar refractivity (Wildman–Crippen MR) is 103 cm³/mol. The van der Waals surface area contributed by atoms with Gasteiger partial charge in [-0.2, -0.15) is 0 Å². The third-order valence-corrected chi connectivity index (χ3v) is 4.27. The van der Waals surface area contributed by atoms with Crippen molar-refractivity contribution in [1.29, 1.82) is 0 Å². The minimum Gasteiger partial charge on any atom is -0.481 e. The Labute approximate surface area is 151 Å². The highest BCUT2D eigenvalue weighted by Gasteiger charge is 2.17. The van der Waals surface area contributed by atoms with Crippen LogP contribution in [0.1, 0.15) is 50.7 Å². The summed E-state index contributed by atoms with van der Waals surface area (Å²) >= 11 is 0. The van der Waals surface area contributed by atoms with Crippen LogP contribution in [0.3, 0.4) is 0 Å². The molecule has 25 heavy (non-hydrogen) atoms. The fourth-order valence-corrected chi connectivity index (χ4v) is 2.67. The molecule has 0 saturated heterocycles. The van der Waals surface area contributed by atoms with Gasteiger partial charge in [0.2, 0.25) is 0 Å². The average molecular weight is 339 g/mol. The zero-order chi connectivity index (χ0) is 18.1. The summed E-state index contributed by atoms with van der Waals surface area (Å²) in [5.41, 5.74) is 2.67. The number of hydrogen-bond donors (Lipinski definition) is 1. The molecule has 0 bridgehead atoms. The zero-order valence-corrected chi connectivity index (χ0v) is 15.5. The molecule has 3 heteroatoms. The number of nitrogens with one attached hydrogen (secondary N) is 1. The van der Waals surface area contributed by atoms with Crippen LogP contribution >= 0.6 is 0 Å². The molecule has 0 aliphatic rings. The third-order valence-electron chi connectivity index (χ3n) is 4.27. The predicted octanol–water partition coefficient (Wildman–Crippen LogP) is 4.72. The van der Waals surface area contributed by atoms with Crippen LogP contribution < -0.4 is 10.1 Å². The molecule has 1 amide bonds. The van der Waals surface area contributed by atoms with E-state index in [4.69, 9.17) is 4.74 Å². The topological polar surface area (TPSA) is 38.3 Å². The Morgan fingerprint density at radius 2 is 1.72 bits per heavy atom. The van der Waals surface area contributed by atoms with Crippen molar-refractivity contribution >= 4 is 5.91 Å². The van der Waals surface area contributed by atoms with Gasteiger partial charge in [-0.15, -0.1) is 0 Å². The minimum atomic E-state index is -0.437. The maximum absolute atomic E-state index is 12.3. The molecule has 0 fully saturated rings. The van der Waals surface area contributed by atoms with Gasteiger partial charge >= 0.3 is 0 Å². The number of benzene rings is 2. The Morgan fingerprint density at radius 3 is 2.32 bits per heavy atom. The number of carbonyl (C=O) groups excluding carboxylic acids is 1. The van der Waals surface area contributed by atoms with E-state index in [1.54, 1.807) is 0 Å². The minimum absolute atomic E-state index is 0.0403. The van der Waals surface area contributed by atoms with Crippen molar-refractivity contribution in [3.63, 3.8) is 0 Å². The van der Waals surface area contributed by atoms with Crippen LogP contribution in [0.5, 0.6) is 5.75 Å². The second-order valence-electron chi connectivity index (χ2n) is 6.62. The number of carbonyl (C=O) groups is 1. The summed E-state index contributed by atoms with van der Waals surface area (Å²) in [4.78, 5) is 12.3. The lowest BCUT2D eigenvalue weighted by molar-refractivity contribution is -0.128. The molecule has 3 nitrogen and oxygen atoms in total. The first-order valence-corrected chi connectivity index (χ1v) is 9.18. The quantitative estimate of drug-likeness (QED) is 0.672. The molecule has 2 aromatic rings. The lowest BCUT2D eigenvalue weighted by Gasteiger charge is -2.17. The van der Waals surface area contributed by atoms with Gasteiger partial charge in [0.15, 0.2) is 6.10 Å². The van der Waals surface area contributed by atoms with E-state index >= 15 is 0 Å². The highest BCUT2D eigenvalue weighted by Crippen LogP contribution is 2.15. The molecule has 0 aliphatic carbocycles. The molecule has 0 radical (unpaired) electrons. The summed E-state index contributed by atoms with van der Waals surface area (Å²) in [5.74, 6) is 1.25. The van der Waals surface area contributed by atoms with Crippen molar-refractivity contribution < 1.29 is 9.53 Å². The van der Waals surface area contributed by atoms with Gasteiger partial charge < -0.3 is 10.1 Å². The Balaban J connectivity index is 1.73. The van der Waals surface area contributed by atoms with Gasteiger partial charge in [0.1, 0.15) is 5.75 Å². The Bertz CT molecular complexity index is 635. The molecule has 0 aromatic heterocycles. The Hall–Kier alpha value is -2.29. The van der Waals surface area contributed by atoms with Crippen LogP contribution in [0.2, 0.25) is 0 Å². The van der Waals surface area contributed by atoms with Gasteiger partial charge in [-0.3, -0.25) is 4.79 Å². The molecule has 1 unspecified atom stereocenters. The van der Waals surface area contributed by atoms with E-state index in [-0.39, 0.29) is 5.91 Å². The molecular weight excluding hydrogens is 310 g/mol. The van der Waals surface area contributed by atoms with E-state index in [9.17, 15) is 4.79 Å². The van der Waals surface area contributed by atoms with Crippen molar-refractivity contribution in [2.24, 2.45) is 0 Å². The number of rotatable bonds is 9. The van der Waals surface area contributed by atoms with Crippen LogP contribution in [0.25, 0.3) is 0 Å². The van der Waals surface area contributed by atoms with Crippen molar-refractivity contribution in [2.45, 2.75) is 52.1 Å². The number of ether oxygens (including phenoxy) is 1. The van der Waals surface area contributed by atoms with Gasteiger partial charge in [0.05, 0.1) is 0 Å². The van der Waals surface area contributed by atoms with Crippen LogP contribution in [-0.4, -0.2) is 18.6 Å². The summed E-state index contributed by atoms with van der Waals surface area (Å²) in [5, 5.41) is 2.99. The monoisotopic (exact) mass is 339 g/mol. The largest absolute Gasteiger partial charge is 0.481 e. The second kappa shape index (κ2) is 9.87. The van der Waals surface area contributed by atoms with Crippen LogP contribution in [0, 0.1) is 0 Å². The third kappa shape index (κ3) is 6.26. The molecular formula is C22H29NO2. The zero-order valence-electron chi connectivity index (χ0n) is 15.5. The standard InChI is InChI=1S/C22H29NO2/c1-4-21(25-20-10-6-5-7-11-20)22(24)23-16-8-9-18-12-14-19(15-13-18)17(2)3/h5-7,10-15,17,21H,4,8-9,16H2,1-3H3,(H,23,24). The fourth-order valence-electron chi connectivity index (χ4n) is 2.67. The smallest absolute Gasteiger partial charge is 0.261 e. The fraction of sp³-hybridized carbons (Fsp3) is 0.409. The first kappa shape index (κ1) is 19.0. The molecule has 0 aliphatic heterocycles.